The minimum Gasteiger partial charge on any atom is -0.0786 e. The summed E-state index contributed by atoms with van der Waals surface area (Å²) in [5, 5.41) is 0. The standard InChI is InChI=1S/C17H18Br2/c1-17(2,3)15-7-5-4-6-14(15)16(19)12-8-10-13(18)11-9-12/h4-11,16H,1-3H3. The molecule has 1 atom stereocenters. The van der Waals surface area contributed by atoms with E-state index in [9.17, 15) is 0 Å². The molecule has 0 aliphatic rings. The van der Waals surface area contributed by atoms with Gasteiger partial charge in [-0.05, 0) is 34.2 Å². The van der Waals surface area contributed by atoms with E-state index in [1.807, 2.05) is 0 Å². The second-order valence-electron chi connectivity index (χ2n) is 5.75. The molecule has 0 saturated carbocycles. The number of halogens is 2. The highest BCUT2D eigenvalue weighted by molar-refractivity contribution is 9.10. The van der Waals surface area contributed by atoms with Crippen LogP contribution in [0.15, 0.2) is 53.0 Å². The average Bonchev–Trinajstić information content (AvgIpc) is 2.38. The Morgan fingerprint density at radius 3 is 2.05 bits per heavy atom. The van der Waals surface area contributed by atoms with Crippen LogP contribution in [0.3, 0.4) is 0 Å². The fourth-order valence-corrected chi connectivity index (χ4v) is 3.18. The summed E-state index contributed by atoms with van der Waals surface area (Å²) in [5.74, 6) is 0. The topological polar surface area (TPSA) is 0 Å². The third-order valence-electron chi connectivity index (χ3n) is 3.20. The van der Waals surface area contributed by atoms with Gasteiger partial charge in [0.25, 0.3) is 0 Å². The lowest BCUT2D eigenvalue weighted by Crippen LogP contribution is -2.15. The molecule has 0 radical (unpaired) electrons. The smallest absolute Gasteiger partial charge is 0.0647 e. The molecule has 19 heavy (non-hydrogen) atoms. The van der Waals surface area contributed by atoms with E-state index in [2.05, 4.69) is 101 Å². The maximum absolute atomic E-state index is 3.85. The molecule has 0 aliphatic heterocycles. The molecule has 0 N–H and O–H groups in total. The van der Waals surface area contributed by atoms with Crippen molar-refractivity contribution in [3.8, 4) is 0 Å². The summed E-state index contributed by atoms with van der Waals surface area (Å²) in [5.41, 5.74) is 4.16. The van der Waals surface area contributed by atoms with Gasteiger partial charge in [0.2, 0.25) is 0 Å². The summed E-state index contributed by atoms with van der Waals surface area (Å²) in [4.78, 5) is 0.232. The van der Waals surface area contributed by atoms with E-state index in [4.69, 9.17) is 0 Å². The number of rotatable bonds is 2. The maximum Gasteiger partial charge on any atom is 0.0647 e. The molecule has 2 heteroatoms. The first-order valence-electron chi connectivity index (χ1n) is 6.38. The van der Waals surface area contributed by atoms with Crippen LogP contribution < -0.4 is 0 Å². The normalized spacial score (nSPS) is 13.3. The van der Waals surface area contributed by atoms with Gasteiger partial charge in [0.15, 0.2) is 0 Å². The van der Waals surface area contributed by atoms with Gasteiger partial charge in [-0.15, -0.1) is 0 Å². The van der Waals surface area contributed by atoms with Crippen LogP contribution in [0.5, 0.6) is 0 Å². The molecule has 100 valence electrons. The molecule has 2 rings (SSSR count). The molecule has 0 spiro atoms. The van der Waals surface area contributed by atoms with Crippen LogP contribution in [0.1, 0.15) is 42.3 Å². The van der Waals surface area contributed by atoms with Crippen LogP contribution in [0.4, 0.5) is 0 Å². The molecule has 0 saturated heterocycles. The average molecular weight is 382 g/mol. The quantitative estimate of drug-likeness (QED) is 0.540. The minimum absolute atomic E-state index is 0.151. The van der Waals surface area contributed by atoms with E-state index in [0.29, 0.717) is 0 Å². The van der Waals surface area contributed by atoms with Gasteiger partial charge in [-0.2, -0.15) is 0 Å². The summed E-state index contributed by atoms with van der Waals surface area (Å²) in [6.45, 7) is 6.77. The van der Waals surface area contributed by atoms with E-state index >= 15 is 0 Å². The van der Waals surface area contributed by atoms with Crippen LogP contribution in [0.2, 0.25) is 0 Å². The molecule has 0 amide bonds. The SMILES string of the molecule is CC(C)(C)c1ccccc1C(Br)c1ccc(Br)cc1. The summed E-state index contributed by atoms with van der Waals surface area (Å²) in [6, 6.07) is 17.1. The summed E-state index contributed by atoms with van der Waals surface area (Å²) in [6.07, 6.45) is 0. The number of hydrogen-bond acceptors (Lipinski definition) is 0. The van der Waals surface area contributed by atoms with Crippen LogP contribution in [0.25, 0.3) is 0 Å². The van der Waals surface area contributed by atoms with Crippen LogP contribution in [-0.2, 0) is 5.41 Å². The highest BCUT2D eigenvalue weighted by Gasteiger charge is 2.21. The predicted octanol–water partition coefficient (Wildman–Crippen LogP) is 6.23. The summed E-state index contributed by atoms with van der Waals surface area (Å²) >= 11 is 7.33. The summed E-state index contributed by atoms with van der Waals surface area (Å²) < 4.78 is 1.11. The first-order chi connectivity index (χ1) is 8.89. The van der Waals surface area contributed by atoms with E-state index in [1.165, 1.54) is 16.7 Å². The van der Waals surface area contributed by atoms with E-state index in [0.717, 1.165) is 4.47 Å². The molecule has 2 aromatic rings. The Balaban J connectivity index is 2.44. The Labute approximate surface area is 132 Å². The number of benzene rings is 2. The Morgan fingerprint density at radius 1 is 0.895 bits per heavy atom. The van der Waals surface area contributed by atoms with Crippen molar-refractivity contribution >= 4 is 31.9 Å². The Hall–Kier alpha value is -0.600. The largest absolute Gasteiger partial charge is 0.0786 e. The third kappa shape index (κ3) is 3.49. The van der Waals surface area contributed by atoms with Gasteiger partial charge in [0, 0.05) is 4.47 Å². The van der Waals surface area contributed by atoms with Crippen LogP contribution in [0, 0.1) is 0 Å². The first-order valence-corrected chi connectivity index (χ1v) is 8.09. The van der Waals surface area contributed by atoms with Crippen LogP contribution in [-0.4, -0.2) is 0 Å². The van der Waals surface area contributed by atoms with Crippen molar-refractivity contribution in [2.75, 3.05) is 0 Å². The zero-order valence-electron chi connectivity index (χ0n) is 11.5. The molecule has 0 aromatic heterocycles. The molecule has 0 heterocycles. The molecular formula is C17H18Br2. The van der Waals surface area contributed by atoms with Crippen molar-refractivity contribution in [2.24, 2.45) is 0 Å². The lowest BCUT2D eigenvalue weighted by molar-refractivity contribution is 0.584. The maximum atomic E-state index is 3.85. The molecule has 0 bridgehead atoms. The molecule has 0 nitrogen and oxygen atoms in total. The zero-order chi connectivity index (χ0) is 14.0. The van der Waals surface area contributed by atoms with Gasteiger partial charge in [-0.1, -0.05) is 89.0 Å². The first kappa shape index (κ1) is 14.8. The van der Waals surface area contributed by atoms with Gasteiger partial charge in [-0.3, -0.25) is 0 Å². The third-order valence-corrected chi connectivity index (χ3v) is 4.76. The van der Waals surface area contributed by atoms with Gasteiger partial charge in [-0.25, -0.2) is 0 Å². The van der Waals surface area contributed by atoms with Crippen molar-refractivity contribution in [3.05, 3.63) is 69.7 Å². The highest BCUT2D eigenvalue weighted by atomic mass is 79.9. The van der Waals surface area contributed by atoms with E-state index < -0.39 is 0 Å². The minimum atomic E-state index is 0.151. The zero-order valence-corrected chi connectivity index (χ0v) is 14.6. The molecule has 2 aromatic carbocycles. The fraction of sp³-hybridized carbons (Fsp3) is 0.294. The number of alkyl halides is 1. The van der Waals surface area contributed by atoms with Crippen molar-refractivity contribution in [3.63, 3.8) is 0 Å². The lowest BCUT2D eigenvalue weighted by Gasteiger charge is -2.25. The Morgan fingerprint density at radius 2 is 1.47 bits per heavy atom. The van der Waals surface area contributed by atoms with Gasteiger partial charge < -0.3 is 0 Å². The molecule has 1 unspecified atom stereocenters. The van der Waals surface area contributed by atoms with Gasteiger partial charge in [0.05, 0.1) is 4.83 Å². The Kier molecular flexibility index (Phi) is 4.52. The molecular weight excluding hydrogens is 364 g/mol. The highest BCUT2D eigenvalue weighted by Crippen LogP contribution is 2.37. The molecule has 0 aliphatic carbocycles. The second-order valence-corrected chi connectivity index (χ2v) is 7.58. The summed E-state index contributed by atoms with van der Waals surface area (Å²) in [7, 11) is 0. The number of hydrogen-bond donors (Lipinski definition) is 0. The predicted molar refractivity (Wildman–Crippen MR) is 90.1 cm³/mol. The van der Waals surface area contributed by atoms with Crippen molar-refractivity contribution in [1.82, 2.24) is 0 Å². The van der Waals surface area contributed by atoms with Crippen molar-refractivity contribution < 1.29 is 0 Å². The van der Waals surface area contributed by atoms with Crippen molar-refractivity contribution in [2.45, 2.75) is 31.0 Å². The Bertz CT molecular complexity index is 550. The monoisotopic (exact) mass is 380 g/mol. The van der Waals surface area contributed by atoms with Gasteiger partial charge >= 0.3 is 0 Å². The molecule has 0 fully saturated rings. The van der Waals surface area contributed by atoms with Gasteiger partial charge in [0.1, 0.15) is 0 Å². The second kappa shape index (κ2) is 5.80. The lowest BCUT2D eigenvalue weighted by atomic mass is 9.82. The van der Waals surface area contributed by atoms with E-state index in [-0.39, 0.29) is 10.2 Å². The fourth-order valence-electron chi connectivity index (χ4n) is 2.21. The van der Waals surface area contributed by atoms with E-state index in [1.54, 1.807) is 0 Å². The van der Waals surface area contributed by atoms with Crippen molar-refractivity contribution in [1.29, 1.82) is 0 Å². The van der Waals surface area contributed by atoms with Crippen LogP contribution >= 0.6 is 31.9 Å².